The first-order valence-corrected chi connectivity index (χ1v) is 8.27. The first kappa shape index (κ1) is 14.7. The standard InChI is InChI=1S/C19H14N2O2S/c1-10-15-11(2)20-17(21-18(15)24-16(10)19(22)23)14-8-7-12-5-3-4-6-13(12)9-14/h3-9H,2H2,1H3,(H,20,21)(H,22,23). The lowest BCUT2D eigenvalue weighted by Crippen LogP contribution is -2.25. The Balaban J connectivity index is 1.85. The maximum absolute atomic E-state index is 11.4. The molecule has 0 spiro atoms. The van der Waals surface area contributed by atoms with Crippen LogP contribution in [0.4, 0.5) is 5.00 Å². The van der Waals surface area contributed by atoms with E-state index in [4.69, 9.17) is 0 Å². The van der Waals surface area contributed by atoms with Gasteiger partial charge in [0.05, 0.1) is 0 Å². The second kappa shape index (κ2) is 5.32. The minimum Gasteiger partial charge on any atom is -0.477 e. The summed E-state index contributed by atoms with van der Waals surface area (Å²) in [5.41, 5.74) is 3.14. The van der Waals surface area contributed by atoms with Gasteiger partial charge < -0.3 is 10.4 Å². The summed E-state index contributed by atoms with van der Waals surface area (Å²) >= 11 is 1.19. The van der Waals surface area contributed by atoms with E-state index in [1.807, 2.05) is 18.2 Å². The molecule has 5 heteroatoms. The number of fused-ring (bicyclic) bond motifs is 2. The van der Waals surface area contributed by atoms with Gasteiger partial charge in [-0.3, -0.25) is 0 Å². The highest BCUT2D eigenvalue weighted by atomic mass is 32.1. The van der Waals surface area contributed by atoms with E-state index in [0.717, 1.165) is 21.9 Å². The highest BCUT2D eigenvalue weighted by Gasteiger charge is 2.25. The van der Waals surface area contributed by atoms with E-state index in [0.29, 0.717) is 27.0 Å². The van der Waals surface area contributed by atoms with E-state index < -0.39 is 5.97 Å². The Kier molecular flexibility index (Phi) is 3.25. The Morgan fingerprint density at radius 1 is 1.21 bits per heavy atom. The molecule has 2 N–H and O–H groups in total. The zero-order valence-corrected chi connectivity index (χ0v) is 13.8. The molecule has 1 aliphatic rings. The van der Waals surface area contributed by atoms with Crippen LogP contribution in [0.15, 0.2) is 54.0 Å². The number of aromatic carboxylic acids is 1. The first-order valence-electron chi connectivity index (χ1n) is 7.45. The van der Waals surface area contributed by atoms with Crippen molar-refractivity contribution in [1.82, 2.24) is 5.32 Å². The average Bonchev–Trinajstić information content (AvgIpc) is 2.92. The fraction of sp³-hybridized carbons (Fsp3) is 0.0526. The Morgan fingerprint density at radius 3 is 2.71 bits per heavy atom. The smallest absolute Gasteiger partial charge is 0.346 e. The van der Waals surface area contributed by atoms with Crippen molar-refractivity contribution in [3.63, 3.8) is 0 Å². The van der Waals surface area contributed by atoms with Crippen LogP contribution in [0, 0.1) is 6.92 Å². The molecule has 0 unspecified atom stereocenters. The van der Waals surface area contributed by atoms with Crippen molar-refractivity contribution in [3.8, 4) is 0 Å². The number of hydrogen-bond acceptors (Lipinski definition) is 4. The van der Waals surface area contributed by atoms with Gasteiger partial charge >= 0.3 is 5.97 Å². The quantitative estimate of drug-likeness (QED) is 0.722. The van der Waals surface area contributed by atoms with Crippen LogP contribution in [0.25, 0.3) is 16.5 Å². The summed E-state index contributed by atoms with van der Waals surface area (Å²) in [7, 11) is 0. The highest BCUT2D eigenvalue weighted by molar-refractivity contribution is 7.18. The minimum atomic E-state index is -0.929. The molecule has 1 aliphatic heterocycles. The number of nitrogens with zero attached hydrogens (tertiary/aromatic N) is 1. The molecule has 0 fully saturated rings. The Morgan fingerprint density at radius 2 is 1.96 bits per heavy atom. The molecule has 4 rings (SSSR count). The fourth-order valence-electron chi connectivity index (χ4n) is 2.94. The van der Waals surface area contributed by atoms with Crippen molar-refractivity contribution in [2.45, 2.75) is 6.92 Å². The lowest BCUT2D eigenvalue weighted by molar-refractivity contribution is 0.0701. The van der Waals surface area contributed by atoms with Crippen molar-refractivity contribution < 1.29 is 9.90 Å². The number of carbonyl (C=O) groups is 1. The summed E-state index contributed by atoms with van der Waals surface area (Å²) in [5, 5.41) is 15.5. The molecule has 0 bridgehead atoms. The van der Waals surface area contributed by atoms with Crippen molar-refractivity contribution in [3.05, 3.63) is 70.6 Å². The Hall–Kier alpha value is -2.92. The van der Waals surface area contributed by atoms with Crippen molar-refractivity contribution >= 4 is 44.6 Å². The average molecular weight is 334 g/mol. The number of carboxylic acids is 1. The first-order chi connectivity index (χ1) is 11.5. The van der Waals surface area contributed by atoms with Crippen LogP contribution in [-0.4, -0.2) is 16.9 Å². The maximum Gasteiger partial charge on any atom is 0.346 e. The van der Waals surface area contributed by atoms with Crippen LogP contribution in [0.1, 0.15) is 26.4 Å². The second-order valence-corrected chi connectivity index (χ2v) is 6.67. The fourth-order valence-corrected chi connectivity index (χ4v) is 4.00. The van der Waals surface area contributed by atoms with Gasteiger partial charge in [0.2, 0.25) is 0 Å². The second-order valence-electron chi connectivity index (χ2n) is 5.67. The van der Waals surface area contributed by atoms with Crippen molar-refractivity contribution in [1.29, 1.82) is 0 Å². The van der Waals surface area contributed by atoms with Crippen molar-refractivity contribution in [2.24, 2.45) is 4.99 Å². The topological polar surface area (TPSA) is 61.7 Å². The van der Waals surface area contributed by atoms with Crippen LogP contribution in [-0.2, 0) is 0 Å². The van der Waals surface area contributed by atoms with Crippen LogP contribution >= 0.6 is 11.3 Å². The number of thiophene rings is 1. The van der Waals surface area contributed by atoms with Crippen LogP contribution in [0.5, 0.6) is 0 Å². The normalized spacial score (nSPS) is 13.4. The van der Waals surface area contributed by atoms with Gasteiger partial charge in [-0.2, -0.15) is 0 Å². The lowest BCUT2D eigenvalue weighted by atomic mass is 10.0. The van der Waals surface area contributed by atoms with Gasteiger partial charge in [0.1, 0.15) is 15.7 Å². The van der Waals surface area contributed by atoms with Gasteiger partial charge in [-0.1, -0.05) is 43.0 Å². The molecule has 0 radical (unpaired) electrons. The largest absolute Gasteiger partial charge is 0.477 e. The molecular formula is C19H14N2O2S. The summed E-state index contributed by atoms with van der Waals surface area (Å²) in [6.07, 6.45) is 0. The third-order valence-corrected chi connectivity index (χ3v) is 5.30. The van der Waals surface area contributed by atoms with Gasteiger partial charge in [0.25, 0.3) is 0 Å². The molecule has 3 aromatic rings. The number of hydrogen-bond donors (Lipinski definition) is 2. The van der Waals surface area contributed by atoms with E-state index in [1.165, 1.54) is 11.3 Å². The van der Waals surface area contributed by atoms with Gasteiger partial charge in [0, 0.05) is 16.8 Å². The minimum absolute atomic E-state index is 0.312. The summed E-state index contributed by atoms with van der Waals surface area (Å²) in [5.74, 6) is -0.237. The molecule has 118 valence electrons. The Labute approximate surface area is 142 Å². The third kappa shape index (κ3) is 2.21. The monoisotopic (exact) mass is 334 g/mol. The molecule has 0 atom stereocenters. The molecule has 0 saturated heterocycles. The molecule has 2 heterocycles. The van der Waals surface area contributed by atoms with Gasteiger partial charge in [-0.05, 0) is 29.3 Å². The maximum atomic E-state index is 11.4. The number of rotatable bonds is 2. The molecule has 0 saturated carbocycles. The van der Waals surface area contributed by atoms with E-state index >= 15 is 0 Å². The summed E-state index contributed by atoms with van der Waals surface area (Å²) in [6.45, 7) is 5.84. The van der Waals surface area contributed by atoms with E-state index in [2.05, 4.69) is 41.2 Å². The van der Waals surface area contributed by atoms with Crippen molar-refractivity contribution in [2.75, 3.05) is 0 Å². The summed E-state index contributed by atoms with van der Waals surface area (Å²) in [6, 6.07) is 14.3. The van der Waals surface area contributed by atoms with Crippen LogP contribution in [0.2, 0.25) is 0 Å². The van der Waals surface area contributed by atoms with E-state index in [9.17, 15) is 9.90 Å². The van der Waals surface area contributed by atoms with Crippen LogP contribution < -0.4 is 5.32 Å². The predicted molar refractivity (Wildman–Crippen MR) is 98.3 cm³/mol. The van der Waals surface area contributed by atoms with Gasteiger partial charge in [-0.15, -0.1) is 11.3 Å². The third-order valence-electron chi connectivity index (χ3n) is 4.13. The number of amidine groups is 1. The number of carboxylic acid groups (broad SMARTS) is 1. The molecule has 24 heavy (non-hydrogen) atoms. The Bertz CT molecular complexity index is 1050. The predicted octanol–water partition coefficient (Wildman–Crippen LogP) is 4.56. The number of aliphatic imine (C=N–C) groups is 1. The number of nitrogens with one attached hydrogen (secondary N) is 1. The molecule has 2 aromatic carbocycles. The number of benzene rings is 2. The van der Waals surface area contributed by atoms with E-state index in [-0.39, 0.29) is 0 Å². The zero-order chi connectivity index (χ0) is 16.8. The van der Waals surface area contributed by atoms with Gasteiger partial charge in [0.15, 0.2) is 0 Å². The van der Waals surface area contributed by atoms with Gasteiger partial charge in [-0.25, -0.2) is 9.79 Å². The molecule has 0 amide bonds. The molecular weight excluding hydrogens is 320 g/mol. The molecule has 1 aromatic heterocycles. The highest BCUT2D eigenvalue weighted by Crippen LogP contribution is 2.41. The summed E-state index contributed by atoms with van der Waals surface area (Å²) in [4.78, 5) is 16.3. The van der Waals surface area contributed by atoms with E-state index in [1.54, 1.807) is 6.92 Å². The zero-order valence-electron chi connectivity index (χ0n) is 13.0. The van der Waals surface area contributed by atoms with Crippen LogP contribution in [0.3, 0.4) is 0 Å². The lowest BCUT2D eigenvalue weighted by Gasteiger charge is -2.18. The molecule has 4 nitrogen and oxygen atoms in total. The molecule has 0 aliphatic carbocycles. The summed E-state index contributed by atoms with van der Waals surface area (Å²) < 4.78 is 0. The SMILES string of the molecule is C=C1NC(c2ccc3ccccc3c2)=Nc2sc(C(=O)O)c(C)c21.